The molecule has 0 atom stereocenters. The number of fused-ring (bicyclic) bond motifs is 2. The van der Waals surface area contributed by atoms with E-state index < -0.39 is 0 Å². The number of nitrogens with one attached hydrogen (secondary N) is 2. The Balaban J connectivity index is 1.50. The van der Waals surface area contributed by atoms with Gasteiger partial charge in [-0.3, -0.25) is 9.59 Å². The molecule has 0 saturated heterocycles. The minimum Gasteiger partial charge on any atom is -0.504 e. The number of hydrogen-bond donors (Lipinski definition) is 4. The highest BCUT2D eigenvalue weighted by Crippen LogP contribution is 2.47. The van der Waals surface area contributed by atoms with Gasteiger partial charge in [-0.25, -0.2) is 0 Å². The van der Waals surface area contributed by atoms with Gasteiger partial charge in [0.1, 0.15) is 11.5 Å². The maximum atomic E-state index is 12.9. The van der Waals surface area contributed by atoms with Gasteiger partial charge in [-0.15, -0.1) is 0 Å². The Morgan fingerprint density at radius 2 is 0.955 bits per heavy atom. The lowest BCUT2D eigenvalue weighted by atomic mass is 9.95. The van der Waals surface area contributed by atoms with E-state index in [4.69, 9.17) is 18.9 Å². The summed E-state index contributed by atoms with van der Waals surface area (Å²) in [7, 11) is 5.91. The van der Waals surface area contributed by atoms with Crippen LogP contribution in [0, 0.1) is 0 Å². The molecule has 222 valence electrons. The monoisotopic (exact) mass is 592 g/mol. The first-order valence-electron chi connectivity index (χ1n) is 13.5. The molecule has 0 aliphatic carbocycles. The highest BCUT2D eigenvalue weighted by molar-refractivity contribution is 6.35. The second-order valence-corrected chi connectivity index (χ2v) is 10.1. The SMILES string of the molecule is COc1ccc2c(c1)/C(=C\c1cc(OC)c(O)c(-c3cc(/C=C4/C(=O)Nc5ccc(OC)cc54)cc(OC)c3O)c1)C(=O)N2. The number of phenols is 2. The quantitative estimate of drug-likeness (QED) is 0.198. The van der Waals surface area contributed by atoms with Gasteiger partial charge in [0.25, 0.3) is 11.8 Å². The van der Waals surface area contributed by atoms with E-state index in [-0.39, 0.29) is 45.9 Å². The standard InChI is InChI=1S/C34H28N2O8/c1-41-19-5-7-27-21(15-19)25(33(39)35-27)11-17-9-23(31(37)29(13-17)43-3)24-10-18(14-30(44-4)32(24)38)12-26-22-16-20(42-2)6-8-28(22)36-34(26)40/h5-16,37-38H,1-4H3,(H,35,39)(H,36,40)/b25-11+,26-12+. The van der Waals surface area contributed by atoms with Crippen LogP contribution >= 0.6 is 0 Å². The third kappa shape index (κ3) is 4.82. The third-order valence-electron chi connectivity index (χ3n) is 7.57. The number of ether oxygens (including phenoxy) is 4. The lowest BCUT2D eigenvalue weighted by Crippen LogP contribution is -2.03. The number of phenolic OH excluding ortho intramolecular Hbond substituents is 2. The molecule has 0 bridgehead atoms. The molecule has 0 spiro atoms. The fourth-order valence-corrected chi connectivity index (χ4v) is 5.35. The van der Waals surface area contributed by atoms with Gasteiger partial charge in [0, 0.05) is 44.8 Å². The second kappa shape index (κ2) is 11.1. The van der Waals surface area contributed by atoms with Crippen LogP contribution in [0.3, 0.4) is 0 Å². The number of rotatable bonds is 7. The number of carbonyl (C=O) groups excluding carboxylic acids is 2. The maximum absolute atomic E-state index is 12.9. The first-order valence-corrected chi connectivity index (χ1v) is 13.5. The number of hydrogen-bond acceptors (Lipinski definition) is 8. The fraction of sp³-hybridized carbons (Fsp3) is 0.118. The van der Waals surface area contributed by atoms with Crippen molar-refractivity contribution in [2.24, 2.45) is 0 Å². The second-order valence-electron chi connectivity index (χ2n) is 10.1. The Hall–Kier alpha value is -5.90. The normalized spacial score (nSPS) is 15.1. The largest absolute Gasteiger partial charge is 0.504 e. The Morgan fingerprint density at radius 3 is 1.32 bits per heavy atom. The van der Waals surface area contributed by atoms with Gasteiger partial charge in [0.05, 0.1) is 28.4 Å². The predicted octanol–water partition coefficient (Wildman–Crippen LogP) is 5.78. The Bertz CT molecular complexity index is 1790. The lowest BCUT2D eigenvalue weighted by molar-refractivity contribution is -0.111. The molecule has 2 heterocycles. The first kappa shape index (κ1) is 28.2. The number of carbonyl (C=O) groups is 2. The summed E-state index contributed by atoms with van der Waals surface area (Å²) in [6, 6.07) is 17.0. The van der Waals surface area contributed by atoms with Crippen molar-refractivity contribution in [1.29, 1.82) is 0 Å². The molecule has 0 saturated carbocycles. The third-order valence-corrected chi connectivity index (χ3v) is 7.57. The molecule has 0 aromatic heterocycles. The van der Waals surface area contributed by atoms with Gasteiger partial charge in [0.15, 0.2) is 23.0 Å². The van der Waals surface area contributed by atoms with Gasteiger partial charge in [0.2, 0.25) is 0 Å². The Labute approximate surface area is 252 Å². The number of benzene rings is 4. The van der Waals surface area contributed by atoms with Gasteiger partial charge in [-0.1, -0.05) is 0 Å². The minimum atomic E-state index is -0.299. The van der Waals surface area contributed by atoms with Crippen molar-refractivity contribution in [2.45, 2.75) is 0 Å². The number of anilines is 2. The van der Waals surface area contributed by atoms with Gasteiger partial charge in [-0.05, 0) is 83.9 Å². The first-order chi connectivity index (χ1) is 21.2. The molecule has 4 aromatic rings. The molecule has 2 amide bonds. The van der Waals surface area contributed by atoms with Crippen LogP contribution in [0.1, 0.15) is 22.3 Å². The van der Waals surface area contributed by atoms with Crippen LogP contribution in [-0.4, -0.2) is 50.5 Å². The predicted molar refractivity (Wildman–Crippen MR) is 167 cm³/mol. The highest BCUT2D eigenvalue weighted by atomic mass is 16.5. The van der Waals surface area contributed by atoms with E-state index in [1.165, 1.54) is 14.2 Å². The van der Waals surface area contributed by atoms with Crippen molar-refractivity contribution in [3.05, 3.63) is 82.9 Å². The van der Waals surface area contributed by atoms with Crippen LogP contribution in [0.2, 0.25) is 0 Å². The van der Waals surface area contributed by atoms with Crippen LogP contribution in [0.4, 0.5) is 11.4 Å². The average molecular weight is 593 g/mol. The molecule has 44 heavy (non-hydrogen) atoms. The van der Waals surface area contributed by atoms with Crippen LogP contribution < -0.4 is 29.6 Å². The van der Waals surface area contributed by atoms with Crippen LogP contribution in [-0.2, 0) is 9.59 Å². The van der Waals surface area contributed by atoms with Gasteiger partial charge in [-0.2, -0.15) is 0 Å². The van der Waals surface area contributed by atoms with Crippen molar-refractivity contribution in [2.75, 3.05) is 39.1 Å². The van der Waals surface area contributed by atoms with Crippen molar-refractivity contribution < 1.29 is 38.7 Å². The van der Waals surface area contributed by atoms with E-state index >= 15 is 0 Å². The Morgan fingerprint density at radius 1 is 0.545 bits per heavy atom. The fourth-order valence-electron chi connectivity index (χ4n) is 5.35. The molecule has 0 radical (unpaired) electrons. The zero-order valence-electron chi connectivity index (χ0n) is 24.3. The van der Waals surface area contributed by atoms with Gasteiger partial charge < -0.3 is 39.8 Å². The summed E-state index contributed by atoms with van der Waals surface area (Å²) in [4.78, 5) is 25.8. The summed E-state index contributed by atoms with van der Waals surface area (Å²) in [5, 5.41) is 28.1. The molecular formula is C34H28N2O8. The zero-order chi connectivity index (χ0) is 31.1. The molecule has 4 aromatic carbocycles. The molecule has 2 aliphatic heterocycles. The van der Waals surface area contributed by atoms with E-state index in [1.54, 1.807) is 87.0 Å². The average Bonchev–Trinajstić information content (AvgIpc) is 3.51. The molecule has 10 heteroatoms. The van der Waals surface area contributed by atoms with Gasteiger partial charge >= 0.3 is 0 Å². The van der Waals surface area contributed by atoms with E-state index in [0.717, 1.165) is 0 Å². The van der Waals surface area contributed by atoms with E-state index in [0.29, 0.717) is 56.3 Å². The van der Waals surface area contributed by atoms with E-state index in [1.807, 2.05) is 0 Å². The Kier molecular flexibility index (Phi) is 7.10. The summed E-state index contributed by atoms with van der Waals surface area (Å²) in [6.07, 6.45) is 3.33. The van der Waals surface area contributed by atoms with E-state index in [2.05, 4.69) is 10.6 Å². The summed E-state index contributed by atoms with van der Waals surface area (Å²) < 4.78 is 21.6. The molecule has 10 nitrogen and oxygen atoms in total. The zero-order valence-corrected chi connectivity index (χ0v) is 24.3. The number of methoxy groups -OCH3 is 4. The minimum absolute atomic E-state index is 0.122. The van der Waals surface area contributed by atoms with Crippen molar-refractivity contribution in [3.8, 4) is 45.6 Å². The summed E-state index contributed by atoms with van der Waals surface area (Å²) in [6.45, 7) is 0. The van der Waals surface area contributed by atoms with Crippen LogP contribution in [0.5, 0.6) is 34.5 Å². The van der Waals surface area contributed by atoms with Crippen molar-refractivity contribution in [1.82, 2.24) is 0 Å². The molecule has 0 fully saturated rings. The smallest absolute Gasteiger partial charge is 0.256 e. The molecular weight excluding hydrogens is 564 g/mol. The molecule has 2 aliphatic rings. The lowest BCUT2D eigenvalue weighted by Gasteiger charge is -2.15. The topological polar surface area (TPSA) is 136 Å². The van der Waals surface area contributed by atoms with Crippen LogP contribution in [0.15, 0.2) is 60.7 Å². The van der Waals surface area contributed by atoms with Crippen LogP contribution in [0.25, 0.3) is 34.4 Å². The molecule has 6 rings (SSSR count). The molecule has 4 N–H and O–H groups in total. The highest BCUT2D eigenvalue weighted by Gasteiger charge is 2.27. The van der Waals surface area contributed by atoms with E-state index in [9.17, 15) is 19.8 Å². The summed E-state index contributed by atoms with van der Waals surface area (Å²) in [5.74, 6) is 0.365. The number of amides is 2. The number of aromatic hydroxyl groups is 2. The van der Waals surface area contributed by atoms with Crippen molar-refractivity contribution in [3.63, 3.8) is 0 Å². The maximum Gasteiger partial charge on any atom is 0.256 e. The summed E-state index contributed by atoms with van der Waals surface area (Å²) in [5.41, 5.74) is 4.86. The summed E-state index contributed by atoms with van der Waals surface area (Å²) >= 11 is 0. The van der Waals surface area contributed by atoms with Crippen molar-refractivity contribution >= 4 is 46.5 Å². The molecule has 0 unspecified atom stereocenters.